The van der Waals surface area contributed by atoms with E-state index in [1.54, 1.807) is 0 Å². The molecule has 3 unspecified atom stereocenters. The van der Waals surface area contributed by atoms with Crippen LogP contribution in [-0.2, 0) is 14.3 Å². The number of ether oxygens (including phenoxy) is 1. The molecule has 0 fully saturated rings. The van der Waals surface area contributed by atoms with Gasteiger partial charge in [-0.1, -0.05) is 140 Å². The number of aliphatic carboxylic acids is 1. The molecule has 0 bridgehead atoms. The third-order valence-electron chi connectivity index (χ3n) is 8.72. The maximum atomic E-state index is 12.6. The Bertz CT molecular complexity index is 864. The highest BCUT2D eigenvalue weighted by atomic mass is 16.5. The molecule has 238 valence electrons. The lowest BCUT2D eigenvalue weighted by molar-refractivity contribution is -0.148. The number of nitriles is 1. The highest BCUT2D eigenvalue weighted by Gasteiger charge is 2.30. The van der Waals surface area contributed by atoms with Crippen molar-refractivity contribution in [2.24, 2.45) is 11.3 Å². The first-order valence-corrected chi connectivity index (χ1v) is 17.2. The molecule has 1 aromatic rings. The molecule has 0 saturated carbocycles. The van der Waals surface area contributed by atoms with Crippen LogP contribution >= 0.6 is 0 Å². The molecule has 0 radical (unpaired) electrons. The van der Waals surface area contributed by atoms with E-state index >= 15 is 0 Å². The van der Waals surface area contributed by atoms with Crippen molar-refractivity contribution in [2.45, 2.75) is 162 Å². The van der Waals surface area contributed by atoms with Gasteiger partial charge in [0.25, 0.3) is 0 Å². The Balaban J connectivity index is 2.20. The lowest BCUT2D eigenvalue weighted by atomic mass is 9.74. The minimum absolute atomic E-state index is 0.0202. The normalized spacial score (nSPS) is 14.0. The molecular weight excluding hydrogens is 522 g/mol. The van der Waals surface area contributed by atoms with Crippen molar-refractivity contribution in [1.82, 2.24) is 0 Å². The molecule has 1 aromatic carbocycles. The summed E-state index contributed by atoms with van der Waals surface area (Å²) in [6, 6.07) is 12.4. The van der Waals surface area contributed by atoms with Crippen LogP contribution in [0.25, 0.3) is 0 Å². The number of hydrogen-bond acceptors (Lipinski definition) is 4. The van der Waals surface area contributed by atoms with Gasteiger partial charge in [0.15, 0.2) is 0 Å². The van der Waals surface area contributed by atoms with Crippen LogP contribution < -0.4 is 0 Å². The molecule has 42 heavy (non-hydrogen) atoms. The van der Waals surface area contributed by atoms with Crippen LogP contribution in [0.1, 0.15) is 167 Å². The predicted octanol–water partition coefficient (Wildman–Crippen LogP) is 10.8. The van der Waals surface area contributed by atoms with Gasteiger partial charge in [-0.25, -0.2) is 0 Å². The third-order valence-corrected chi connectivity index (χ3v) is 8.72. The van der Waals surface area contributed by atoms with Crippen LogP contribution in [0, 0.1) is 22.7 Å². The highest BCUT2D eigenvalue weighted by molar-refractivity contribution is 5.71. The number of nitrogens with zero attached hydrogens (tertiary/aromatic N) is 1. The van der Waals surface area contributed by atoms with Crippen LogP contribution in [0.15, 0.2) is 30.3 Å². The van der Waals surface area contributed by atoms with E-state index in [0.717, 1.165) is 24.8 Å². The van der Waals surface area contributed by atoms with Gasteiger partial charge in [-0.2, -0.15) is 5.26 Å². The maximum absolute atomic E-state index is 12.6. The highest BCUT2D eigenvalue weighted by Crippen LogP contribution is 2.38. The maximum Gasteiger partial charge on any atom is 0.308 e. The molecule has 5 heteroatoms. The van der Waals surface area contributed by atoms with Gasteiger partial charge in [-0.3, -0.25) is 9.59 Å². The molecule has 0 spiro atoms. The first-order valence-electron chi connectivity index (χ1n) is 17.2. The second kappa shape index (κ2) is 24.1. The second-order valence-corrected chi connectivity index (χ2v) is 12.8. The molecule has 3 atom stereocenters. The van der Waals surface area contributed by atoms with E-state index in [-0.39, 0.29) is 24.2 Å². The lowest BCUT2D eigenvalue weighted by Crippen LogP contribution is -2.21. The molecule has 5 nitrogen and oxygen atoms in total. The standard InChI is InChI=1S/C37H61NO4/c1-4-5-6-7-8-9-10-11-12-13-14-15-16-17-18-22-29-42-36(41)32(2)25-26-34(33-23-20-19-21-24-33)30-37(3,31-38)28-27-35(39)40/h19-21,23-24,32,34H,4-18,22,25-30H2,1-3H3,(H,39,40). The molecule has 0 amide bonds. The van der Waals surface area contributed by atoms with Crippen LogP contribution in [0.4, 0.5) is 0 Å². The lowest BCUT2D eigenvalue weighted by Gasteiger charge is -2.28. The molecule has 1 N–H and O–H groups in total. The van der Waals surface area contributed by atoms with Crippen molar-refractivity contribution in [2.75, 3.05) is 6.61 Å². The Morgan fingerprint density at radius 1 is 0.833 bits per heavy atom. The van der Waals surface area contributed by atoms with E-state index in [9.17, 15) is 14.9 Å². The van der Waals surface area contributed by atoms with E-state index < -0.39 is 11.4 Å². The van der Waals surface area contributed by atoms with Crippen molar-refractivity contribution in [3.8, 4) is 6.07 Å². The van der Waals surface area contributed by atoms with Crippen molar-refractivity contribution < 1.29 is 19.4 Å². The summed E-state index contributed by atoms with van der Waals surface area (Å²) >= 11 is 0. The number of rotatable bonds is 27. The summed E-state index contributed by atoms with van der Waals surface area (Å²) in [4.78, 5) is 23.7. The van der Waals surface area contributed by atoms with Crippen LogP contribution in [0.2, 0.25) is 0 Å². The van der Waals surface area contributed by atoms with Crippen molar-refractivity contribution in [1.29, 1.82) is 5.26 Å². The second-order valence-electron chi connectivity index (χ2n) is 12.8. The predicted molar refractivity (Wildman–Crippen MR) is 173 cm³/mol. The number of carboxylic acid groups (broad SMARTS) is 1. The van der Waals surface area contributed by atoms with Gasteiger partial charge >= 0.3 is 11.9 Å². The molecule has 0 saturated heterocycles. The fourth-order valence-corrected chi connectivity index (χ4v) is 5.78. The number of carbonyl (C=O) groups excluding carboxylic acids is 1. The molecular formula is C37H61NO4. The number of unbranched alkanes of at least 4 members (excludes halogenated alkanes) is 15. The number of hydrogen-bond donors (Lipinski definition) is 1. The zero-order valence-corrected chi connectivity index (χ0v) is 27.2. The molecule has 1 rings (SSSR count). The van der Waals surface area contributed by atoms with Gasteiger partial charge in [0.05, 0.1) is 24.0 Å². The van der Waals surface area contributed by atoms with E-state index in [1.165, 1.54) is 89.9 Å². The third kappa shape index (κ3) is 19.0. The van der Waals surface area contributed by atoms with Gasteiger partial charge < -0.3 is 9.84 Å². The molecule has 0 aliphatic carbocycles. The Morgan fingerprint density at radius 3 is 1.81 bits per heavy atom. The fraction of sp³-hybridized carbons (Fsp3) is 0.757. The Hall–Kier alpha value is -2.35. The van der Waals surface area contributed by atoms with E-state index in [0.29, 0.717) is 25.9 Å². The fourth-order valence-electron chi connectivity index (χ4n) is 5.78. The van der Waals surface area contributed by atoms with E-state index in [2.05, 4.69) is 25.1 Å². The quantitative estimate of drug-likeness (QED) is 0.0822. The summed E-state index contributed by atoms with van der Waals surface area (Å²) in [5, 5.41) is 18.9. The van der Waals surface area contributed by atoms with Crippen LogP contribution in [0.5, 0.6) is 0 Å². The van der Waals surface area contributed by atoms with Gasteiger partial charge in [0.2, 0.25) is 0 Å². The van der Waals surface area contributed by atoms with Gasteiger partial charge in [-0.05, 0) is 50.5 Å². The molecule has 0 aliphatic rings. The molecule has 0 aromatic heterocycles. The average Bonchev–Trinajstić information content (AvgIpc) is 2.99. The summed E-state index contributed by atoms with van der Waals surface area (Å²) in [6.07, 6.45) is 23.4. The van der Waals surface area contributed by atoms with Crippen molar-refractivity contribution in [3.63, 3.8) is 0 Å². The van der Waals surface area contributed by atoms with Crippen molar-refractivity contribution >= 4 is 11.9 Å². The Morgan fingerprint density at radius 2 is 1.33 bits per heavy atom. The number of esters is 1. The average molecular weight is 584 g/mol. The first kappa shape index (κ1) is 37.7. The minimum Gasteiger partial charge on any atom is -0.481 e. The Labute approximate surface area is 257 Å². The summed E-state index contributed by atoms with van der Waals surface area (Å²) in [5.41, 5.74) is 0.402. The van der Waals surface area contributed by atoms with E-state index in [4.69, 9.17) is 9.84 Å². The molecule has 0 aliphatic heterocycles. The zero-order valence-electron chi connectivity index (χ0n) is 27.2. The summed E-state index contributed by atoms with van der Waals surface area (Å²) in [7, 11) is 0. The van der Waals surface area contributed by atoms with Crippen LogP contribution in [0.3, 0.4) is 0 Å². The van der Waals surface area contributed by atoms with Gasteiger partial charge in [-0.15, -0.1) is 0 Å². The Kier molecular flexibility index (Phi) is 21.6. The zero-order chi connectivity index (χ0) is 30.9. The minimum atomic E-state index is -0.881. The number of carbonyl (C=O) groups is 2. The van der Waals surface area contributed by atoms with Crippen LogP contribution in [-0.4, -0.2) is 23.7 Å². The first-order chi connectivity index (χ1) is 20.3. The number of carboxylic acids is 1. The topological polar surface area (TPSA) is 87.4 Å². The van der Waals surface area contributed by atoms with E-state index in [1.807, 2.05) is 32.0 Å². The summed E-state index contributed by atoms with van der Waals surface area (Å²) < 4.78 is 5.59. The monoisotopic (exact) mass is 583 g/mol. The summed E-state index contributed by atoms with van der Waals surface area (Å²) in [6.45, 7) is 6.54. The summed E-state index contributed by atoms with van der Waals surface area (Å²) in [5.74, 6) is -1.14. The SMILES string of the molecule is CCCCCCCCCCCCCCCCCCOC(=O)C(C)CCC(CC(C)(C#N)CCC(=O)O)c1ccccc1. The molecule has 0 heterocycles. The smallest absolute Gasteiger partial charge is 0.308 e. The number of benzene rings is 1. The largest absolute Gasteiger partial charge is 0.481 e. The van der Waals surface area contributed by atoms with Crippen molar-refractivity contribution in [3.05, 3.63) is 35.9 Å². The van der Waals surface area contributed by atoms with Gasteiger partial charge in [0.1, 0.15) is 0 Å². The van der Waals surface area contributed by atoms with Gasteiger partial charge in [0, 0.05) is 6.42 Å².